The highest BCUT2D eigenvalue weighted by Crippen LogP contribution is 2.36. The summed E-state index contributed by atoms with van der Waals surface area (Å²) in [4.78, 5) is 16.1. The Bertz CT molecular complexity index is 1260. The van der Waals surface area contributed by atoms with Gasteiger partial charge in [0.05, 0.1) is 10.5 Å². The molecule has 0 radical (unpaired) electrons. The molecule has 1 aliphatic heterocycles. The lowest BCUT2D eigenvalue weighted by Crippen LogP contribution is -2.41. The molecule has 7 nitrogen and oxygen atoms in total. The van der Waals surface area contributed by atoms with Crippen LogP contribution in [0, 0.1) is 12.8 Å². The van der Waals surface area contributed by atoms with Gasteiger partial charge in [0.2, 0.25) is 15.9 Å². The lowest BCUT2D eigenvalue weighted by atomic mass is 9.97. The quantitative estimate of drug-likeness (QED) is 0.621. The van der Waals surface area contributed by atoms with E-state index in [2.05, 4.69) is 10.3 Å². The number of sulfonamides is 1. The zero-order valence-corrected chi connectivity index (χ0v) is 17.8. The van der Waals surface area contributed by atoms with Crippen molar-refractivity contribution in [3.63, 3.8) is 0 Å². The summed E-state index contributed by atoms with van der Waals surface area (Å²) in [6.07, 6.45) is -4.39. The number of nitrogens with zero attached hydrogens (tertiary/aromatic N) is 2. The summed E-state index contributed by atoms with van der Waals surface area (Å²) in [7, 11) is -4.34. The number of nitrogens with one attached hydrogen (secondary N) is 1. The molecular formula is C21H20F3N3O4S. The number of oxazole rings is 1. The molecule has 0 bridgehead atoms. The minimum Gasteiger partial charge on any atom is -0.441 e. The van der Waals surface area contributed by atoms with E-state index in [1.165, 1.54) is 6.07 Å². The Morgan fingerprint density at radius 2 is 1.84 bits per heavy atom. The van der Waals surface area contributed by atoms with E-state index >= 15 is 0 Å². The average molecular weight is 467 g/mol. The van der Waals surface area contributed by atoms with Crippen LogP contribution in [0.2, 0.25) is 0 Å². The number of aryl methyl sites for hydroxylation is 1. The van der Waals surface area contributed by atoms with Crippen molar-refractivity contribution in [1.82, 2.24) is 9.29 Å². The first kappa shape index (κ1) is 22.3. The Hall–Kier alpha value is -2.92. The van der Waals surface area contributed by atoms with E-state index in [0.717, 1.165) is 22.5 Å². The zero-order chi connectivity index (χ0) is 23.1. The molecule has 2 aromatic carbocycles. The van der Waals surface area contributed by atoms with E-state index in [9.17, 15) is 26.4 Å². The minimum atomic E-state index is -4.79. The molecule has 1 aromatic heterocycles. The maximum atomic E-state index is 13.3. The Kier molecular flexibility index (Phi) is 5.72. The van der Waals surface area contributed by atoms with Crippen LogP contribution in [-0.4, -0.2) is 36.7 Å². The van der Waals surface area contributed by atoms with Gasteiger partial charge in [0.15, 0.2) is 11.5 Å². The van der Waals surface area contributed by atoms with Crippen molar-refractivity contribution in [3.05, 3.63) is 53.9 Å². The molecule has 32 heavy (non-hydrogen) atoms. The number of aromatic nitrogens is 1. The smallest absolute Gasteiger partial charge is 0.417 e. The maximum absolute atomic E-state index is 13.3. The van der Waals surface area contributed by atoms with Gasteiger partial charge < -0.3 is 9.73 Å². The summed E-state index contributed by atoms with van der Waals surface area (Å²) >= 11 is 0. The Labute approximate surface area is 182 Å². The van der Waals surface area contributed by atoms with Crippen molar-refractivity contribution in [2.24, 2.45) is 5.92 Å². The third-order valence-corrected chi connectivity index (χ3v) is 7.35. The number of halogens is 3. The van der Waals surface area contributed by atoms with Crippen LogP contribution < -0.4 is 5.32 Å². The Morgan fingerprint density at radius 3 is 2.53 bits per heavy atom. The second kappa shape index (κ2) is 8.21. The summed E-state index contributed by atoms with van der Waals surface area (Å²) in [6.45, 7) is 1.62. The molecule has 0 spiro atoms. The predicted molar refractivity (Wildman–Crippen MR) is 110 cm³/mol. The van der Waals surface area contributed by atoms with Gasteiger partial charge in [-0.25, -0.2) is 13.4 Å². The molecule has 1 fully saturated rings. The molecule has 0 atom stereocenters. The van der Waals surface area contributed by atoms with Crippen LogP contribution in [0.1, 0.15) is 24.3 Å². The predicted octanol–water partition coefficient (Wildman–Crippen LogP) is 4.19. The SMILES string of the molecule is Cc1nc2cc(NC(=O)C3CCN(S(=O)(=O)c4ccccc4C(F)(F)F)CC3)ccc2o1. The number of piperidine rings is 1. The number of anilines is 1. The highest BCUT2D eigenvalue weighted by atomic mass is 32.2. The van der Waals surface area contributed by atoms with Gasteiger partial charge in [0.25, 0.3) is 0 Å². The van der Waals surface area contributed by atoms with Crippen LogP contribution in [0.25, 0.3) is 11.1 Å². The number of carbonyl (C=O) groups is 1. The summed E-state index contributed by atoms with van der Waals surface area (Å²) in [5.41, 5.74) is 0.533. The van der Waals surface area contributed by atoms with E-state index in [1.807, 2.05) is 0 Å². The number of carbonyl (C=O) groups excluding carboxylic acids is 1. The van der Waals surface area contributed by atoms with E-state index in [4.69, 9.17) is 4.42 Å². The third-order valence-electron chi connectivity index (χ3n) is 5.40. The van der Waals surface area contributed by atoms with Gasteiger partial charge >= 0.3 is 6.18 Å². The molecule has 11 heteroatoms. The topological polar surface area (TPSA) is 92.5 Å². The first-order valence-electron chi connectivity index (χ1n) is 9.90. The van der Waals surface area contributed by atoms with E-state index in [1.54, 1.807) is 25.1 Å². The van der Waals surface area contributed by atoms with E-state index < -0.39 is 32.6 Å². The molecule has 1 aliphatic rings. The Morgan fingerprint density at radius 1 is 1.16 bits per heavy atom. The number of benzene rings is 2. The first-order valence-corrected chi connectivity index (χ1v) is 11.3. The van der Waals surface area contributed by atoms with Crippen molar-refractivity contribution in [3.8, 4) is 0 Å². The van der Waals surface area contributed by atoms with Crippen molar-refractivity contribution in [2.75, 3.05) is 18.4 Å². The highest BCUT2D eigenvalue weighted by Gasteiger charge is 2.40. The molecule has 3 aromatic rings. The third kappa shape index (κ3) is 4.35. The lowest BCUT2D eigenvalue weighted by molar-refractivity contribution is -0.139. The van der Waals surface area contributed by atoms with Gasteiger partial charge in [-0.2, -0.15) is 17.5 Å². The van der Waals surface area contributed by atoms with E-state index in [-0.39, 0.29) is 31.8 Å². The van der Waals surface area contributed by atoms with Crippen LogP contribution in [-0.2, 0) is 21.0 Å². The number of rotatable bonds is 4. The van der Waals surface area contributed by atoms with Gasteiger partial charge in [-0.1, -0.05) is 12.1 Å². The summed E-state index contributed by atoms with van der Waals surface area (Å²) in [5.74, 6) is -0.240. The normalized spacial score (nSPS) is 16.4. The molecule has 0 aliphatic carbocycles. The molecule has 2 heterocycles. The first-order chi connectivity index (χ1) is 15.1. The van der Waals surface area contributed by atoms with Gasteiger partial charge in [-0.3, -0.25) is 4.79 Å². The molecule has 0 unspecified atom stereocenters. The molecule has 4 rings (SSSR count). The summed E-state index contributed by atoms with van der Waals surface area (Å²) < 4.78 is 71.9. The number of fused-ring (bicyclic) bond motifs is 1. The fourth-order valence-corrected chi connectivity index (χ4v) is 5.47. The molecular weight excluding hydrogens is 447 g/mol. The van der Waals surface area contributed by atoms with Gasteiger partial charge in [-0.15, -0.1) is 0 Å². The van der Waals surface area contributed by atoms with Crippen LogP contribution in [0.15, 0.2) is 51.8 Å². The summed E-state index contributed by atoms with van der Waals surface area (Å²) in [5, 5.41) is 2.79. The van der Waals surface area contributed by atoms with Crippen LogP contribution in [0.3, 0.4) is 0 Å². The highest BCUT2D eigenvalue weighted by molar-refractivity contribution is 7.89. The second-order valence-electron chi connectivity index (χ2n) is 7.58. The lowest BCUT2D eigenvalue weighted by Gasteiger charge is -2.31. The van der Waals surface area contributed by atoms with Crippen molar-refractivity contribution >= 4 is 32.7 Å². The molecule has 0 saturated carbocycles. The number of hydrogen-bond acceptors (Lipinski definition) is 5. The van der Waals surface area contributed by atoms with Gasteiger partial charge in [0, 0.05) is 31.6 Å². The number of amides is 1. The molecule has 1 N–H and O–H groups in total. The average Bonchev–Trinajstić information content (AvgIpc) is 3.12. The minimum absolute atomic E-state index is 0.0475. The monoisotopic (exact) mass is 467 g/mol. The van der Waals surface area contributed by atoms with Crippen LogP contribution in [0.5, 0.6) is 0 Å². The number of alkyl halides is 3. The van der Waals surface area contributed by atoms with Crippen molar-refractivity contribution < 1.29 is 30.8 Å². The number of hydrogen-bond donors (Lipinski definition) is 1. The van der Waals surface area contributed by atoms with Crippen molar-refractivity contribution in [2.45, 2.75) is 30.8 Å². The standard InChI is InChI=1S/C21H20F3N3O4S/c1-13-25-17-12-15(6-7-18(17)31-13)26-20(28)14-8-10-27(11-9-14)32(29,30)19-5-3-2-4-16(19)21(22,23)24/h2-7,12,14H,8-11H2,1H3,(H,26,28). The molecule has 1 saturated heterocycles. The Balaban J connectivity index is 1.44. The van der Waals surface area contributed by atoms with Gasteiger partial charge in [-0.05, 0) is 43.2 Å². The maximum Gasteiger partial charge on any atom is 0.417 e. The summed E-state index contributed by atoms with van der Waals surface area (Å²) in [6, 6.07) is 9.17. The largest absolute Gasteiger partial charge is 0.441 e. The second-order valence-corrected chi connectivity index (χ2v) is 9.48. The van der Waals surface area contributed by atoms with Crippen molar-refractivity contribution in [1.29, 1.82) is 0 Å². The van der Waals surface area contributed by atoms with E-state index in [0.29, 0.717) is 22.7 Å². The molecule has 1 amide bonds. The van der Waals surface area contributed by atoms with Crippen LogP contribution in [0.4, 0.5) is 18.9 Å². The van der Waals surface area contributed by atoms with Crippen LogP contribution >= 0.6 is 0 Å². The molecule has 170 valence electrons. The fourth-order valence-electron chi connectivity index (χ4n) is 3.79. The fraction of sp³-hybridized carbons (Fsp3) is 0.333. The zero-order valence-electron chi connectivity index (χ0n) is 17.0. The van der Waals surface area contributed by atoms with Gasteiger partial charge in [0.1, 0.15) is 5.52 Å².